The van der Waals surface area contributed by atoms with Crippen molar-refractivity contribution >= 4 is 28.6 Å². The maximum absolute atomic E-state index is 12.6. The number of aliphatic carboxylic acids is 1. The lowest BCUT2D eigenvalue weighted by Crippen LogP contribution is -2.12. The van der Waals surface area contributed by atoms with E-state index < -0.39 is 18.1 Å². The minimum atomic E-state index is -2.75. The van der Waals surface area contributed by atoms with Gasteiger partial charge in [-0.15, -0.1) is 0 Å². The number of carboxylic acid groups (broad SMARTS) is 1. The van der Waals surface area contributed by atoms with E-state index in [-0.39, 0.29) is 18.5 Å². The second kappa shape index (κ2) is 5.48. The van der Waals surface area contributed by atoms with Gasteiger partial charge in [0, 0.05) is 6.54 Å². The topological polar surface area (TPSA) is 76.2 Å². The minimum Gasteiger partial charge on any atom is -0.481 e. The Morgan fingerprint density at radius 3 is 2.69 bits per heavy atom. The molecule has 0 spiro atoms. The second-order valence-corrected chi connectivity index (χ2v) is 4.15. The van der Waals surface area contributed by atoms with Gasteiger partial charge in [-0.3, -0.25) is 4.79 Å². The summed E-state index contributed by atoms with van der Waals surface area (Å²) in [7, 11) is 0. The van der Waals surface area contributed by atoms with Crippen molar-refractivity contribution in [1.82, 2.24) is 4.98 Å². The summed E-state index contributed by atoms with van der Waals surface area (Å²) in [5, 5.41) is 8.66. The van der Waals surface area contributed by atoms with E-state index in [0.29, 0.717) is 9.26 Å². The lowest BCUT2D eigenvalue weighted by atomic mass is 10.0. The zero-order valence-electron chi connectivity index (χ0n) is 8.08. The first-order chi connectivity index (χ1) is 7.45. The third-order valence-electron chi connectivity index (χ3n) is 1.97. The highest BCUT2D eigenvalue weighted by atomic mass is 127. The molecule has 0 aliphatic rings. The fourth-order valence-corrected chi connectivity index (χ4v) is 1.98. The van der Waals surface area contributed by atoms with Gasteiger partial charge in [-0.25, -0.2) is 13.8 Å². The SMILES string of the molecule is NCc1c(CC(=O)O)cc(I)nc1C(F)F. The van der Waals surface area contributed by atoms with Gasteiger partial charge in [0.25, 0.3) is 6.43 Å². The third kappa shape index (κ3) is 3.08. The van der Waals surface area contributed by atoms with Gasteiger partial charge in [0.2, 0.25) is 0 Å². The van der Waals surface area contributed by atoms with Crippen LogP contribution in [-0.4, -0.2) is 16.1 Å². The van der Waals surface area contributed by atoms with Crippen LogP contribution in [0.1, 0.15) is 23.2 Å². The van der Waals surface area contributed by atoms with Gasteiger partial charge in [-0.1, -0.05) is 0 Å². The Morgan fingerprint density at radius 1 is 1.62 bits per heavy atom. The van der Waals surface area contributed by atoms with Crippen LogP contribution in [0.2, 0.25) is 0 Å². The number of nitrogens with zero attached hydrogens (tertiary/aromatic N) is 1. The number of carboxylic acids is 1. The van der Waals surface area contributed by atoms with E-state index in [1.54, 1.807) is 22.6 Å². The molecule has 0 saturated heterocycles. The van der Waals surface area contributed by atoms with E-state index >= 15 is 0 Å². The Labute approximate surface area is 104 Å². The average Bonchev–Trinajstić information content (AvgIpc) is 2.15. The largest absolute Gasteiger partial charge is 0.481 e. The van der Waals surface area contributed by atoms with E-state index in [2.05, 4.69) is 4.98 Å². The number of nitrogens with two attached hydrogens (primary N) is 1. The van der Waals surface area contributed by atoms with Crippen LogP contribution < -0.4 is 5.73 Å². The van der Waals surface area contributed by atoms with Crippen LogP contribution in [0.15, 0.2) is 6.07 Å². The van der Waals surface area contributed by atoms with Crippen molar-refractivity contribution in [3.05, 3.63) is 26.6 Å². The molecule has 0 unspecified atom stereocenters. The van der Waals surface area contributed by atoms with E-state index in [4.69, 9.17) is 10.8 Å². The summed E-state index contributed by atoms with van der Waals surface area (Å²) in [6.45, 7) is -0.147. The fourth-order valence-electron chi connectivity index (χ4n) is 1.35. The molecule has 7 heteroatoms. The fraction of sp³-hybridized carbons (Fsp3) is 0.333. The first kappa shape index (κ1) is 13.2. The lowest BCUT2D eigenvalue weighted by molar-refractivity contribution is -0.136. The van der Waals surface area contributed by atoms with Gasteiger partial charge >= 0.3 is 5.97 Å². The van der Waals surface area contributed by atoms with E-state index in [1.807, 2.05) is 0 Å². The van der Waals surface area contributed by atoms with E-state index in [9.17, 15) is 13.6 Å². The molecule has 4 nitrogen and oxygen atoms in total. The number of aromatic nitrogens is 1. The summed E-state index contributed by atoms with van der Waals surface area (Å²) in [5.74, 6) is -1.09. The molecular weight excluding hydrogens is 333 g/mol. The summed E-state index contributed by atoms with van der Waals surface area (Å²) in [4.78, 5) is 14.3. The molecule has 0 aromatic carbocycles. The zero-order chi connectivity index (χ0) is 12.3. The molecule has 88 valence electrons. The monoisotopic (exact) mass is 342 g/mol. The highest BCUT2D eigenvalue weighted by molar-refractivity contribution is 14.1. The number of carbonyl (C=O) groups is 1. The Kier molecular flexibility index (Phi) is 4.54. The molecule has 0 atom stereocenters. The quantitative estimate of drug-likeness (QED) is 0.645. The summed E-state index contributed by atoms with van der Waals surface area (Å²) < 4.78 is 25.6. The Bertz CT molecular complexity index is 413. The van der Waals surface area contributed by atoms with Crippen molar-refractivity contribution in [3.63, 3.8) is 0 Å². The molecule has 1 aromatic heterocycles. The molecule has 1 rings (SSSR count). The molecule has 1 aromatic rings. The Balaban J connectivity index is 3.29. The van der Waals surface area contributed by atoms with Crippen molar-refractivity contribution in [2.24, 2.45) is 5.73 Å². The Hall–Kier alpha value is -0.830. The summed E-state index contributed by atoms with van der Waals surface area (Å²) in [6.07, 6.45) is -3.08. The van der Waals surface area contributed by atoms with Gasteiger partial charge < -0.3 is 10.8 Å². The van der Waals surface area contributed by atoms with Crippen molar-refractivity contribution in [3.8, 4) is 0 Å². The molecule has 3 N–H and O–H groups in total. The van der Waals surface area contributed by atoms with Crippen LogP contribution in [0.4, 0.5) is 8.78 Å². The molecule has 16 heavy (non-hydrogen) atoms. The first-order valence-corrected chi connectivity index (χ1v) is 5.41. The molecule has 0 aliphatic heterocycles. The standard InChI is InChI=1S/C9H9F2IN2O2/c10-9(11)8-5(3-13)4(2-7(15)16)1-6(12)14-8/h1,9H,2-3,13H2,(H,15,16). The molecule has 0 saturated carbocycles. The van der Waals surface area contributed by atoms with Crippen molar-refractivity contribution < 1.29 is 18.7 Å². The second-order valence-electron chi connectivity index (χ2n) is 3.04. The van der Waals surface area contributed by atoms with Crippen LogP contribution in [-0.2, 0) is 17.8 Å². The molecule has 0 fully saturated rings. The molecule has 0 aliphatic carbocycles. The third-order valence-corrected chi connectivity index (χ3v) is 2.52. The predicted octanol–water partition coefficient (Wildman–Crippen LogP) is 1.71. The van der Waals surface area contributed by atoms with Gasteiger partial charge in [0.1, 0.15) is 9.39 Å². The van der Waals surface area contributed by atoms with Gasteiger partial charge in [-0.2, -0.15) is 0 Å². The van der Waals surface area contributed by atoms with E-state index in [1.165, 1.54) is 6.07 Å². The van der Waals surface area contributed by atoms with Crippen molar-refractivity contribution in [1.29, 1.82) is 0 Å². The number of alkyl halides is 2. The smallest absolute Gasteiger partial charge is 0.307 e. The number of halogens is 3. The van der Waals surface area contributed by atoms with Crippen LogP contribution in [0.3, 0.4) is 0 Å². The molecule has 0 radical (unpaired) electrons. The van der Waals surface area contributed by atoms with Crippen molar-refractivity contribution in [2.45, 2.75) is 19.4 Å². The summed E-state index contributed by atoms with van der Waals surface area (Å²) in [5.41, 5.74) is 5.34. The highest BCUT2D eigenvalue weighted by Crippen LogP contribution is 2.25. The van der Waals surface area contributed by atoms with Crippen LogP contribution >= 0.6 is 22.6 Å². The van der Waals surface area contributed by atoms with Crippen LogP contribution in [0.25, 0.3) is 0 Å². The summed E-state index contributed by atoms with van der Waals surface area (Å²) >= 11 is 1.77. The van der Waals surface area contributed by atoms with Crippen LogP contribution in [0.5, 0.6) is 0 Å². The zero-order valence-corrected chi connectivity index (χ0v) is 10.2. The Morgan fingerprint density at radius 2 is 2.25 bits per heavy atom. The molecular formula is C9H9F2IN2O2. The van der Waals surface area contributed by atoms with E-state index in [0.717, 1.165) is 0 Å². The van der Waals surface area contributed by atoms with Gasteiger partial charge in [0.15, 0.2) is 0 Å². The maximum Gasteiger partial charge on any atom is 0.307 e. The molecule has 0 bridgehead atoms. The summed E-state index contributed by atoms with van der Waals surface area (Å²) in [6, 6.07) is 1.46. The minimum absolute atomic E-state index is 0.123. The van der Waals surface area contributed by atoms with Gasteiger partial charge in [-0.05, 0) is 39.8 Å². The predicted molar refractivity (Wildman–Crippen MR) is 61.1 cm³/mol. The number of hydrogen-bond acceptors (Lipinski definition) is 3. The van der Waals surface area contributed by atoms with Crippen LogP contribution in [0, 0.1) is 3.70 Å². The molecule has 1 heterocycles. The van der Waals surface area contributed by atoms with Crippen molar-refractivity contribution in [2.75, 3.05) is 0 Å². The number of hydrogen-bond donors (Lipinski definition) is 2. The molecule has 0 amide bonds. The normalized spacial score (nSPS) is 10.8. The number of rotatable bonds is 4. The highest BCUT2D eigenvalue weighted by Gasteiger charge is 2.19. The average molecular weight is 342 g/mol. The van der Waals surface area contributed by atoms with Gasteiger partial charge in [0.05, 0.1) is 6.42 Å². The lowest BCUT2D eigenvalue weighted by Gasteiger charge is -2.11. The first-order valence-electron chi connectivity index (χ1n) is 4.34. The number of pyridine rings is 1. The maximum atomic E-state index is 12.6.